The second-order valence-electron chi connectivity index (χ2n) is 5.52. The van der Waals surface area contributed by atoms with Crippen LogP contribution in [0.5, 0.6) is 0 Å². The van der Waals surface area contributed by atoms with Gasteiger partial charge in [-0.1, -0.05) is 37.3 Å². The Balaban J connectivity index is 2.68. The average Bonchev–Trinajstić information content (AvgIpc) is 2.50. The Labute approximate surface area is 128 Å². The van der Waals surface area contributed by atoms with E-state index in [0.29, 0.717) is 6.54 Å². The minimum absolute atomic E-state index is 0.132. The summed E-state index contributed by atoms with van der Waals surface area (Å²) in [5, 5.41) is 0. The Morgan fingerprint density at radius 1 is 1.24 bits per heavy atom. The zero-order valence-electron chi connectivity index (χ0n) is 13.4. The number of nitrogens with one attached hydrogen (secondary N) is 1. The monoisotopic (exact) mass is 292 g/mol. The quantitative estimate of drug-likeness (QED) is 0.405. The fourth-order valence-electron chi connectivity index (χ4n) is 2.37. The molecule has 1 rings (SSSR count). The molecule has 0 aliphatic carbocycles. The molecule has 0 fully saturated rings. The summed E-state index contributed by atoms with van der Waals surface area (Å²) in [4.78, 5) is 16.6. The molecule has 5 nitrogen and oxygen atoms in total. The molecular weight excluding hydrogens is 264 g/mol. The van der Waals surface area contributed by atoms with Gasteiger partial charge in [-0.15, -0.1) is 0 Å². The molecule has 1 atom stereocenters. The summed E-state index contributed by atoms with van der Waals surface area (Å²) in [5.41, 5.74) is 3.30. The largest absolute Gasteiger partial charge is 0.309 e. The van der Waals surface area contributed by atoms with Crippen molar-refractivity contribution in [2.24, 2.45) is 5.84 Å². The molecule has 1 aromatic carbocycles. The van der Waals surface area contributed by atoms with Gasteiger partial charge in [0.05, 0.1) is 5.92 Å². The lowest BCUT2D eigenvalue weighted by Gasteiger charge is -2.26. The highest BCUT2D eigenvalue weighted by Gasteiger charge is 2.22. The number of likely N-dealkylation sites (N-methyl/N-ethyl adjacent to an activating group) is 1. The van der Waals surface area contributed by atoms with Crippen molar-refractivity contribution in [3.05, 3.63) is 35.9 Å². The predicted octanol–water partition coefficient (Wildman–Crippen LogP) is 1.03. The molecule has 21 heavy (non-hydrogen) atoms. The van der Waals surface area contributed by atoms with Crippen LogP contribution in [0, 0.1) is 0 Å². The maximum absolute atomic E-state index is 12.1. The van der Waals surface area contributed by atoms with E-state index in [1.165, 1.54) is 0 Å². The molecule has 0 bridgehead atoms. The first-order chi connectivity index (χ1) is 10.1. The Kier molecular flexibility index (Phi) is 7.97. The summed E-state index contributed by atoms with van der Waals surface area (Å²) in [5.74, 6) is 4.98. The number of rotatable bonds is 9. The van der Waals surface area contributed by atoms with E-state index in [1.54, 1.807) is 0 Å². The molecule has 0 spiro atoms. The second kappa shape index (κ2) is 9.50. The van der Waals surface area contributed by atoms with Crippen molar-refractivity contribution in [1.29, 1.82) is 0 Å². The second-order valence-corrected chi connectivity index (χ2v) is 5.52. The van der Waals surface area contributed by atoms with Crippen molar-refractivity contribution in [1.82, 2.24) is 15.2 Å². The summed E-state index contributed by atoms with van der Waals surface area (Å²) >= 11 is 0. The van der Waals surface area contributed by atoms with E-state index >= 15 is 0 Å². The van der Waals surface area contributed by atoms with Crippen LogP contribution in [0.3, 0.4) is 0 Å². The fourth-order valence-corrected chi connectivity index (χ4v) is 2.37. The van der Waals surface area contributed by atoms with Gasteiger partial charge in [0, 0.05) is 6.54 Å². The number of hydrogen-bond acceptors (Lipinski definition) is 4. The first kappa shape index (κ1) is 17.6. The molecule has 0 aromatic heterocycles. The van der Waals surface area contributed by atoms with Crippen LogP contribution < -0.4 is 11.3 Å². The van der Waals surface area contributed by atoms with Crippen molar-refractivity contribution in [3.63, 3.8) is 0 Å². The van der Waals surface area contributed by atoms with Crippen LogP contribution >= 0.6 is 0 Å². The van der Waals surface area contributed by atoms with Crippen LogP contribution in [-0.2, 0) is 4.79 Å². The van der Waals surface area contributed by atoms with Crippen LogP contribution in [0.15, 0.2) is 30.3 Å². The highest BCUT2D eigenvalue weighted by Crippen LogP contribution is 2.17. The van der Waals surface area contributed by atoms with Crippen LogP contribution in [0.2, 0.25) is 0 Å². The van der Waals surface area contributed by atoms with Crippen molar-refractivity contribution in [2.45, 2.75) is 19.3 Å². The topological polar surface area (TPSA) is 61.6 Å². The van der Waals surface area contributed by atoms with Gasteiger partial charge in [0.2, 0.25) is 5.91 Å². The fraction of sp³-hybridized carbons (Fsp3) is 0.562. The van der Waals surface area contributed by atoms with E-state index in [1.807, 2.05) is 30.3 Å². The van der Waals surface area contributed by atoms with Gasteiger partial charge < -0.3 is 9.80 Å². The van der Waals surface area contributed by atoms with E-state index in [4.69, 9.17) is 5.84 Å². The normalized spacial score (nSPS) is 12.7. The van der Waals surface area contributed by atoms with Crippen LogP contribution in [0.1, 0.15) is 24.8 Å². The third-order valence-corrected chi connectivity index (χ3v) is 3.63. The molecule has 118 valence electrons. The maximum Gasteiger partial charge on any atom is 0.242 e. The van der Waals surface area contributed by atoms with Crippen LogP contribution in [-0.4, -0.2) is 56.0 Å². The standard InChI is InChI=1S/C16H28N4O/c1-4-20(12-8-11-19(2)3)13-15(16(21)18-17)14-9-6-5-7-10-14/h5-7,9-10,15H,4,8,11-13,17H2,1-3H3,(H,18,21). The minimum Gasteiger partial charge on any atom is -0.309 e. The Hall–Kier alpha value is -1.43. The summed E-state index contributed by atoms with van der Waals surface area (Å²) < 4.78 is 0. The third-order valence-electron chi connectivity index (χ3n) is 3.63. The molecule has 5 heteroatoms. The summed E-state index contributed by atoms with van der Waals surface area (Å²) in [6.45, 7) is 5.77. The summed E-state index contributed by atoms with van der Waals surface area (Å²) in [6, 6.07) is 9.82. The molecular formula is C16H28N4O. The molecule has 0 aliphatic heterocycles. The van der Waals surface area contributed by atoms with Crippen LogP contribution in [0.25, 0.3) is 0 Å². The molecule has 1 aromatic rings. The van der Waals surface area contributed by atoms with E-state index in [0.717, 1.165) is 31.6 Å². The minimum atomic E-state index is -0.226. The van der Waals surface area contributed by atoms with Gasteiger partial charge in [0.1, 0.15) is 0 Å². The zero-order chi connectivity index (χ0) is 15.7. The number of hydrazine groups is 1. The zero-order valence-corrected chi connectivity index (χ0v) is 13.4. The van der Waals surface area contributed by atoms with Gasteiger partial charge in [-0.2, -0.15) is 0 Å². The van der Waals surface area contributed by atoms with E-state index in [9.17, 15) is 4.79 Å². The lowest BCUT2D eigenvalue weighted by molar-refractivity contribution is -0.123. The van der Waals surface area contributed by atoms with Gasteiger partial charge in [-0.05, 0) is 45.7 Å². The number of amides is 1. The molecule has 0 saturated carbocycles. The molecule has 1 unspecified atom stereocenters. The highest BCUT2D eigenvalue weighted by atomic mass is 16.2. The van der Waals surface area contributed by atoms with Crippen molar-refractivity contribution in [2.75, 3.05) is 40.3 Å². The molecule has 0 radical (unpaired) electrons. The van der Waals surface area contributed by atoms with Crippen molar-refractivity contribution in [3.8, 4) is 0 Å². The summed E-state index contributed by atoms with van der Waals surface area (Å²) in [7, 11) is 4.15. The average molecular weight is 292 g/mol. The number of nitrogens with two attached hydrogens (primary N) is 1. The molecule has 1 amide bonds. The van der Waals surface area contributed by atoms with Crippen LogP contribution in [0.4, 0.5) is 0 Å². The van der Waals surface area contributed by atoms with Gasteiger partial charge in [0.25, 0.3) is 0 Å². The van der Waals surface area contributed by atoms with Gasteiger partial charge in [-0.25, -0.2) is 5.84 Å². The van der Waals surface area contributed by atoms with Gasteiger partial charge >= 0.3 is 0 Å². The number of benzene rings is 1. The predicted molar refractivity (Wildman–Crippen MR) is 86.8 cm³/mol. The molecule has 0 heterocycles. The highest BCUT2D eigenvalue weighted by molar-refractivity contribution is 5.83. The lowest BCUT2D eigenvalue weighted by Crippen LogP contribution is -2.41. The van der Waals surface area contributed by atoms with Gasteiger partial charge in [0.15, 0.2) is 0 Å². The SMILES string of the molecule is CCN(CCCN(C)C)CC(C(=O)NN)c1ccccc1. The smallest absolute Gasteiger partial charge is 0.242 e. The number of hydrogen-bond donors (Lipinski definition) is 2. The third kappa shape index (κ3) is 6.25. The van der Waals surface area contributed by atoms with E-state index in [-0.39, 0.29) is 11.8 Å². The molecule has 0 saturated heterocycles. The summed E-state index contributed by atoms with van der Waals surface area (Å²) in [6.07, 6.45) is 1.09. The van der Waals surface area contributed by atoms with E-state index < -0.39 is 0 Å². The number of carbonyl (C=O) groups is 1. The van der Waals surface area contributed by atoms with Crippen molar-refractivity contribution >= 4 is 5.91 Å². The Morgan fingerprint density at radius 3 is 2.43 bits per heavy atom. The first-order valence-corrected chi connectivity index (χ1v) is 7.51. The molecule has 3 N–H and O–H groups in total. The van der Waals surface area contributed by atoms with Gasteiger partial charge in [-0.3, -0.25) is 10.2 Å². The molecule has 0 aliphatic rings. The number of nitrogens with zero attached hydrogens (tertiary/aromatic N) is 2. The Morgan fingerprint density at radius 2 is 1.90 bits per heavy atom. The van der Waals surface area contributed by atoms with Crippen molar-refractivity contribution < 1.29 is 4.79 Å². The Bertz CT molecular complexity index is 408. The maximum atomic E-state index is 12.1. The first-order valence-electron chi connectivity index (χ1n) is 7.51. The van der Waals surface area contributed by atoms with E-state index in [2.05, 4.69) is 36.2 Å². The number of carbonyl (C=O) groups excluding carboxylic acids is 1. The lowest BCUT2D eigenvalue weighted by atomic mass is 9.97.